The van der Waals surface area contributed by atoms with E-state index < -0.39 is 11.6 Å². The van der Waals surface area contributed by atoms with Crippen LogP contribution in [-0.4, -0.2) is 34.6 Å². The van der Waals surface area contributed by atoms with Crippen LogP contribution in [0.4, 0.5) is 8.78 Å². The number of aromatic nitrogens is 2. The molecular formula is C16H18F2N4O. The molecule has 3 rings (SSSR count). The van der Waals surface area contributed by atoms with Gasteiger partial charge in [-0.3, -0.25) is 14.8 Å². The van der Waals surface area contributed by atoms with Gasteiger partial charge in [0, 0.05) is 49.9 Å². The lowest BCUT2D eigenvalue weighted by Crippen LogP contribution is -2.32. The number of hydrogen-bond donors (Lipinski definition) is 2. The quantitative estimate of drug-likeness (QED) is 0.908. The average molecular weight is 320 g/mol. The number of benzene rings is 1. The zero-order valence-electron chi connectivity index (χ0n) is 13.0. The summed E-state index contributed by atoms with van der Waals surface area (Å²) in [5, 5.41) is 9.49. The minimum Gasteiger partial charge on any atom is -0.354 e. The Bertz CT molecular complexity index is 757. The second-order valence-corrected chi connectivity index (χ2v) is 5.74. The van der Waals surface area contributed by atoms with Crippen molar-refractivity contribution in [1.29, 1.82) is 0 Å². The minimum absolute atomic E-state index is 0.253. The Kier molecular flexibility index (Phi) is 4.12. The summed E-state index contributed by atoms with van der Waals surface area (Å²) in [6.45, 7) is 3.00. The van der Waals surface area contributed by atoms with Crippen molar-refractivity contribution in [3.05, 3.63) is 51.8 Å². The molecule has 1 aromatic carbocycles. The van der Waals surface area contributed by atoms with Crippen molar-refractivity contribution in [1.82, 2.24) is 20.4 Å². The third kappa shape index (κ3) is 2.84. The number of amides is 1. The highest BCUT2D eigenvalue weighted by Crippen LogP contribution is 2.23. The van der Waals surface area contributed by atoms with E-state index in [2.05, 4.69) is 15.5 Å². The van der Waals surface area contributed by atoms with Crippen LogP contribution in [-0.2, 0) is 19.5 Å². The summed E-state index contributed by atoms with van der Waals surface area (Å²) in [6.07, 6.45) is 0.690. The van der Waals surface area contributed by atoms with E-state index in [9.17, 15) is 13.6 Å². The topological polar surface area (TPSA) is 61.0 Å². The molecule has 2 aromatic rings. The standard InChI is InChI=1S/C16H18F2N4O/c1-9-3-4-10(14(18)13(9)17)7-22-6-5-12-11(8-22)15(21-20-12)16(23)19-2/h3-4H,5-8H2,1-2H3,(H,19,23)(H,20,21). The second-order valence-electron chi connectivity index (χ2n) is 5.74. The normalized spacial score (nSPS) is 14.6. The SMILES string of the molecule is CNC(=O)c1n[nH]c2c1CN(Cc1ccc(C)c(F)c1F)CC2. The Morgan fingerprint density at radius 2 is 2.17 bits per heavy atom. The molecule has 7 heteroatoms. The van der Waals surface area contributed by atoms with E-state index in [0.29, 0.717) is 42.9 Å². The first-order valence-electron chi connectivity index (χ1n) is 7.45. The van der Waals surface area contributed by atoms with Crippen molar-refractivity contribution >= 4 is 5.91 Å². The number of rotatable bonds is 3. The van der Waals surface area contributed by atoms with Gasteiger partial charge < -0.3 is 5.32 Å². The first-order chi connectivity index (χ1) is 11.0. The number of fused-ring (bicyclic) bond motifs is 1. The van der Waals surface area contributed by atoms with Gasteiger partial charge in [-0.1, -0.05) is 12.1 Å². The van der Waals surface area contributed by atoms with Crippen LogP contribution in [0.3, 0.4) is 0 Å². The van der Waals surface area contributed by atoms with E-state index in [-0.39, 0.29) is 5.91 Å². The van der Waals surface area contributed by atoms with Crippen molar-refractivity contribution < 1.29 is 13.6 Å². The lowest BCUT2D eigenvalue weighted by molar-refractivity contribution is 0.0955. The van der Waals surface area contributed by atoms with Crippen LogP contribution in [0.25, 0.3) is 0 Å². The molecule has 23 heavy (non-hydrogen) atoms. The van der Waals surface area contributed by atoms with Gasteiger partial charge in [0.2, 0.25) is 0 Å². The number of carbonyl (C=O) groups is 1. The summed E-state index contributed by atoms with van der Waals surface area (Å²) in [4.78, 5) is 13.8. The van der Waals surface area contributed by atoms with E-state index in [4.69, 9.17) is 0 Å². The van der Waals surface area contributed by atoms with Crippen LogP contribution in [0.2, 0.25) is 0 Å². The highest BCUT2D eigenvalue weighted by molar-refractivity contribution is 5.93. The molecule has 0 radical (unpaired) electrons. The van der Waals surface area contributed by atoms with Crippen LogP contribution in [0.15, 0.2) is 12.1 Å². The van der Waals surface area contributed by atoms with Gasteiger partial charge in [0.25, 0.3) is 5.91 Å². The maximum Gasteiger partial charge on any atom is 0.271 e. The van der Waals surface area contributed by atoms with E-state index in [1.54, 1.807) is 19.2 Å². The summed E-state index contributed by atoms with van der Waals surface area (Å²) in [5.41, 5.74) is 2.73. The molecule has 1 amide bonds. The van der Waals surface area contributed by atoms with Crippen molar-refractivity contribution in [2.45, 2.75) is 26.4 Å². The molecule has 5 nitrogen and oxygen atoms in total. The summed E-state index contributed by atoms with van der Waals surface area (Å²) >= 11 is 0. The van der Waals surface area contributed by atoms with E-state index in [1.165, 1.54) is 6.92 Å². The van der Waals surface area contributed by atoms with Crippen LogP contribution >= 0.6 is 0 Å². The van der Waals surface area contributed by atoms with Gasteiger partial charge >= 0.3 is 0 Å². The van der Waals surface area contributed by atoms with Gasteiger partial charge in [0.15, 0.2) is 17.3 Å². The zero-order chi connectivity index (χ0) is 16.6. The number of aromatic amines is 1. The molecule has 0 spiro atoms. The molecule has 122 valence electrons. The molecule has 1 aliphatic rings. The van der Waals surface area contributed by atoms with Gasteiger partial charge in [0.05, 0.1) is 0 Å². The summed E-state index contributed by atoms with van der Waals surface area (Å²) in [6, 6.07) is 3.19. The predicted molar refractivity (Wildman–Crippen MR) is 80.9 cm³/mol. The zero-order valence-corrected chi connectivity index (χ0v) is 13.0. The maximum atomic E-state index is 14.0. The molecule has 1 aliphatic heterocycles. The Hall–Kier alpha value is -2.28. The third-order valence-electron chi connectivity index (χ3n) is 4.20. The van der Waals surface area contributed by atoms with E-state index in [1.807, 2.05) is 4.90 Å². The maximum absolute atomic E-state index is 14.0. The largest absolute Gasteiger partial charge is 0.354 e. The third-order valence-corrected chi connectivity index (χ3v) is 4.20. The summed E-state index contributed by atoms with van der Waals surface area (Å²) in [5.74, 6) is -1.85. The molecule has 0 unspecified atom stereocenters. The highest BCUT2D eigenvalue weighted by atomic mass is 19.2. The van der Waals surface area contributed by atoms with Gasteiger partial charge in [0.1, 0.15) is 0 Å². The molecule has 0 saturated heterocycles. The molecule has 1 aromatic heterocycles. The lowest BCUT2D eigenvalue weighted by atomic mass is 10.0. The molecule has 2 N–H and O–H groups in total. The number of nitrogens with one attached hydrogen (secondary N) is 2. The van der Waals surface area contributed by atoms with E-state index >= 15 is 0 Å². The average Bonchev–Trinajstić information content (AvgIpc) is 2.98. The molecule has 0 bridgehead atoms. The molecule has 0 atom stereocenters. The minimum atomic E-state index is -0.797. The van der Waals surface area contributed by atoms with Crippen LogP contribution in [0, 0.1) is 18.6 Å². The molecule has 0 saturated carbocycles. The Balaban J connectivity index is 1.81. The van der Waals surface area contributed by atoms with Crippen molar-refractivity contribution in [3.8, 4) is 0 Å². The monoisotopic (exact) mass is 320 g/mol. The van der Waals surface area contributed by atoms with Gasteiger partial charge in [-0.25, -0.2) is 8.78 Å². The predicted octanol–water partition coefficient (Wildman–Crippen LogP) is 1.91. The number of carbonyl (C=O) groups excluding carboxylic acids is 1. The van der Waals surface area contributed by atoms with Gasteiger partial charge in [-0.05, 0) is 12.5 Å². The Morgan fingerprint density at radius 3 is 2.91 bits per heavy atom. The smallest absolute Gasteiger partial charge is 0.271 e. The molecule has 0 aliphatic carbocycles. The summed E-state index contributed by atoms with van der Waals surface area (Å²) < 4.78 is 27.7. The fraction of sp³-hybridized carbons (Fsp3) is 0.375. The van der Waals surface area contributed by atoms with Crippen molar-refractivity contribution in [2.24, 2.45) is 0 Å². The Labute approximate surface area is 132 Å². The van der Waals surface area contributed by atoms with Gasteiger partial charge in [-0.2, -0.15) is 5.10 Å². The second kappa shape index (κ2) is 6.08. The van der Waals surface area contributed by atoms with Crippen molar-refractivity contribution in [2.75, 3.05) is 13.6 Å². The first kappa shape index (κ1) is 15.6. The number of H-pyrrole nitrogens is 1. The van der Waals surface area contributed by atoms with Crippen LogP contribution in [0.1, 0.15) is 32.9 Å². The van der Waals surface area contributed by atoms with Gasteiger partial charge in [-0.15, -0.1) is 0 Å². The number of hydrogen-bond acceptors (Lipinski definition) is 3. The first-order valence-corrected chi connectivity index (χ1v) is 7.45. The molecular weight excluding hydrogens is 302 g/mol. The Morgan fingerprint density at radius 1 is 1.39 bits per heavy atom. The fourth-order valence-corrected chi connectivity index (χ4v) is 2.84. The van der Waals surface area contributed by atoms with Crippen LogP contribution < -0.4 is 5.32 Å². The lowest BCUT2D eigenvalue weighted by Gasteiger charge is -2.27. The molecule has 0 fully saturated rings. The summed E-state index contributed by atoms with van der Waals surface area (Å²) in [7, 11) is 1.55. The number of aryl methyl sites for hydroxylation is 1. The van der Waals surface area contributed by atoms with Crippen molar-refractivity contribution in [3.63, 3.8) is 0 Å². The number of halogens is 2. The fourth-order valence-electron chi connectivity index (χ4n) is 2.84. The van der Waals surface area contributed by atoms with Crippen LogP contribution in [0.5, 0.6) is 0 Å². The molecule has 2 heterocycles. The number of nitrogens with zero attached hydrogens (tertiary/aromatic N) is 2. The van der Waals surface area contributed by atoms with E-state index in [0.717, 1.165) is 11.3 Å². The highest BCUT2D eigenvalue weighted by Gasteiger charge is 2.25.